The molecule has 156 valence electrons. The number of anilines is 2. The summed E-state index contributed by atoms with van der Waals surface area (Å²) in [5.74, 6) is 2.47. The molecule has 2 aromatic rings. The van der Waals surface area contributed by atoms with Gasteiger partial charge in [0, 0.05) is 70.9 Å². The molecule has 3 heterocycles. The average molecular weight is 507 g/mol. The molecular formula is C21H30IN7. The molecule has 0 spiro atoms. The van der Waals surface area contributed by atoms with Gasteiger partial charge in [-0.15, -0.1) is 24.0 Å². The SMILES string of the molecule is CN=C(NCC1CCN(c2ccccc2)C1)N1CCN(c2ncccn2)CC1.I. The predicted molar refractivity (Wildman–Crippen MR) is 129 cm³/mol. The van der Waals surface area contributed by atoms with Crippen molar-refractivity contribution in [2.24, 2.45) is 10.9 Å². The van der Waals surface area contributed by atoms with E-state index >= 15 is 0 Å². The first-order valence-corrected chi connectivity index (χ1v) is 10.1. The maximum atomic E-state index is 4.52. The van der Waals surface area contributed by atoms with Crippen LogP contribution in [0.2, 0.25) is 0 Å². The van der Waals surface area contributed by atoms with Crippen molar-refractivity contribution in [2.45, 2.75) is 6.42 Å². The van der Waals surface area contributed by atoms with E-state index in [1.807, 2.05) is 13.1 Å². The molecule has 1 aromatic carbocycles. The van der Waals surface area contributed by atoms with Gasteiger partial charge in [0.15, 0.2) is 5.96 Å². The summed E-state index contributed by atoms with van der Waals surface area (Å²) in [4.78, 5) is 20.3. The van der Waals surface area contributed by atoms with Crippen molar-refractivity contribution in [3.05, 3.63) is 48.8 Å². The summed E-state index contributed by atoms with van der Waals surface area (Å²) < 4.78 is 0. The molecule has 1 aromatic heterocycles. The average Bonchev–Trinajstić information content (AvgIpc) is 3.25. The van der Waals surface area contributed by atoms with E-state index < -0.39 is 0 Å². The zero-order valence-corrected chi connectivity index (χ0v) is 19.3. The van der Waals surface area contributed by atoms with Gasteiger partial charge in [-0.1, -0.05) is 18.2 Å². The highest BCUT2D eigenvalue weighted by molar-refractivity contribution is 14.0. The number of nitrogens with one attached hydrogen (secondary N) is 1. The van der Waals surface area contributed by atoms with Crippen molar-refractivity contribution in [3.8, 4) is 0 Å². The highest BCUT2D eigenvalue weighted by Crippen LogP contribution is 2.23. The Morgan fingerprint density at radius 2 is 1.72 bits per heavy atom. The summed E-state index contributed by atoms with van der Waals surface area (Å²) in [6, 6.07) is 12.6. The number of benzene rings is 1. The lowest BCUT2D eigenvalue weighted by molar-refractivity contribution is 0.367. The van der Waals surface area contributed by atoms with Crippen molar-refractivity contribution in [1.82, 2.24) is 20.2 Å². The molecule has 7 nitrogen and oxygen atoms in total. The minimum absolute atomic E-state index is 0. The maximum Gasteiger partial charge on any atom is 0.225 e. The fourth-order valence-electron chi connectivity index (χ4n) is 4.01. The van der Waals surface area contributed by atoms with Crippen LogP contribution >= 0.6 is 24.0 Å². The van der Waals surface area contributed by atoms with Crippen molar-refractivity contribution >= 4 is 41.6 Å². The zero-order valence-electron chi connectivity index (χ0n) is 16.9. The van der Waals surface area contributed by atoms with Crippen LogP contribution in [0, 0.1) is 5.92 Å². The molecule has 0 aliphatic carbocycles. The Hall–Kier alpha value is -2.10. The Balaban J connectivity index is 0.00000240. The Bertz CT molecular complexity index is 763. The first kappa shape index (κ1) is 21.6. The molecule has 2 fully saturated rings. The Morgan fingerprint density at radius 1 is 1.00 bits per heavy atom. The summed E-state index contributed by atoms with van der Waals surface area (Å²) in [7, 11) is 1.87. The number of aromatic nitrogens is 2. The summed E-state index contributed by atoms with van der Waals surface area (Å²) >= 11 is 0. The van der Waals surface area contributed by atoms with Crippen LogP contribution in [0.25, 0.3) is 0 Å². The molecular weight excluding hydrogens is 477 g/mol. The molecule has 2 saturated heterocycles. The monoisotopic (exact) mass is 507 g/mol. The molecule has 0 bridgehead atoms. The third-order valence-electron chi connectivity index (χ3n) is 5.58. The van der Waals surface area contributed by atoms with Crippen molar-refractivity contribution in [1.29, 1.82) is 0 Å². The molecule has 0 amide bonds. The summed E-state index contributed by atoms with van der Waals surface area (Å²) in [6.07, 6.45) is 4.82. The number of halogens is 1. The van der Waals surface area contributed by atoms with Crippen LogP contribution in [0.3, 0.4) is 0 Å². The molecule has 29 heavy (non-hydrogen) atoms. The van der Waals surface area contributed by atoms with Crippen LogP contribution in [0.5, 0.6) is 0 Å². The molecule has 4 rings (SSSR count). The van der Waals surface area contributed by atoms with Crippen LogP contribution in [0.15, 0.2) is 53.8 Å². The second-order valence-electron chi connectivity index (χ2n) is 7.39. The van der Waals surface area contributed by atoms with Crippen molar-refractivity contribution in [2.75, 3.05) is 62.7 Å². The first-order valence-electron chi connectivity index (χ1n) is 10.1. The predicted octanol–water partition coefficient (Wildman–Crippen LogP) is 2.32. The van der Waals surface area contributed by atoms with Gasteiger partial charge in [-0.2, -0.15) is 0 Å². The number of rotatable bonds is 4. The Morgan fingerprint density at radius 3 is 2.41 bits per heavy atom. The quantitative estimate of drug-likeness (QED) is 0.390. The molecule has 1 N–H and O–H groups in total. The lowest BCUT2D eigenvalue weighted by atomic mass is 10.1. The highest BCUT2D eigenvalue weighted by atomic mass is 127. The number of guanidine groups is 1. The minimum Gasteiger partial charge on any atom is -0.371 e. The van der Waals surface area contributed by atoms with Gasteiger partial charge < -0.3 is 20.0 Å². The number of nitrogens with zero attached hydrogens (tertiary/aromatic N) is 6. The highest BCUT2D eigenvalue weighted by Gasteiger charge is 2.25. The molecule has 2 aliphatic rings. The van der Waals surface area contributed by atoms with Crippen LogP contribution in [-0.2, 0) is 0 Å². The standard InChI is InChI=1S/C21H29N7.HI/c1-22-20(26-12-14-27(15-13-26)21-23-9-5-10-24-21)25-16-18-8-11-28(17-18)19-6-3-2-4-7-19;/h2-7,9-10,18H,8,11-17H2,1H3,(H,22,25);1H. The van der Waals surface area contributed by atoms with E-state index in [9.17, 15) is 0 Å². The summed E-state index contributed by atoms with van der Waals surface area (Å²) in [6.45, 7) is 6.89. The fourth-order valence-corrected chi connectivity index (χ4v) is 4.01. The van der Waals surface area contributed by atoms with Gasteiger partial charge in [0.2, 0.25) is 5.95 Å². The van der Waals surface area contributed by atoms with Gasteiger partial charge in [0.05, 0.1) is 0 Å². The van der Waals surface area contributed by atoms with Crippen LogP contribution in [-0.4, -0.2) is 73.7 Å². The first-order chi connectivity index (χ1) is 13.8. The van der Waals surface area contributed by atoms with E-state index in [4.69, 9.17) is 0 Å². The van der Waals surface area contributed by atoms with E-state index in [-0.39, 0.29) is 24.0 Å². The number of aliphatic imine (C=N–C) groups is 1. The largest absolute Gasteiger partial charge is 0.371 e. The topological polar surface area (TPSA) is 59.9 Å². The van der Waals surface area contributed by atoms with Crippen molar-refractivity contribution in [3.63, 3.8) is 0 Å². The van der Waals surface area contributed by atoms with Crippen LogP contribution in [0.4, 0.5) is 11.6 Å². The Labute approximate surface area is 190 Å². The second kappa shape index (κ2) is 10.6. The molecule has 1 unspecified atom stereocenters. The maximum absolute atomic E-state index is 4.52. The van der Waals surface area contributed by atoms with E-state index in [0.717, 1.165) is 57.7 Å². The summed E-state index contributed by atoms with van der Waals surface area (Å²) in [5, 5.41) is 3.61. The molecule has 2 aliphatic heterocycles. The third-order valence-corrected chi connectivity index (χ3v) is 5.58. The molecule has 0 radical (unpaired) electrons. The van der Waals surface area contributed by atoms with Gasteiger partial charge in [-0.3, -0.25) is 4.99 Å². The van der Waals surface area contributed by atoms with Gasteiger partial charge in [0.1, 0.15) is 0 Å². The fraction of sp³-hybridized carbons (Fsp3) is 0.476. The smallest absolute Gasteiger partial charge is 0.225 e. The molecule has 1 atom stereocenters. The number of para-hydroxylation sites is 1. The van der Waals surface area contributed by atoms with E-state index in [2.05, 4.69) is 65.3 Å². The normalized spacial score (nSPS) is 19.8. The van der Waals surface area contributed by atoms with Gasteiger partial charge in [0.25, 0.3) is 0 Å². The third kappa shape index (κ3) is 5.49. The Kier molecular flexibility index (Phi) is 7.91. The molecule has 8 heteroatoms. The number of hydrogen-bond donors (Lipinski definition) is 1. The molecule has 0 saturated carbocycles. The van der Waals surface area contributed by atoms with Crippen LogP contribution < -0.4 is 15.1 Å². The van der Waals surface area contributed by atoms with Gasteiger partial charge >= 0.3 is 0 Å². The van der Waals surface area contributed by atoms with Gasteiger partial charge in [-0.25, -0.2) is 9.97 Å². The minimum atomic E-state index is 0. The van der Waals surface area contributed by atoms with Crippen molar-refractivity contribution < 1.29 is 0 Å². The lowest BCUT2D eigenvalue weighted by Gasteiger charge is -2.36. The van der Waals surface area contributed by atoms with Crippen LogP contribution in [0.1, 0.15) is 6.42 Å². The zero-order chi connectivity index (χ0) is 19.2. The summed E-state index contributed by atoms with van der Waals surface area (Å²) in [5.41, 5.74) is 1.33. The van der Waals surface area contributed by atoms with Gasteiger partial charge in [-0.05, 0) is 30.5 Å². The van der Waals surface area contributed by atoms with E-state index in [1.54, 1.807) is 12.4 Å². The number of hydrogen-bond acceptors (Lipinski definition) is 5. The number of piperazine rings is 1. The van der Waals surface area contributed by atoms with E-state index in [0.29, 0.717) is 5.92 Å². The second-order valence-corrected chi connectivity index (χ2v) is 7.39. The lowest BCUT2D eigenvalue weighted by Crippen LogP contribution is -2.53. The van der Waals surface area contributed by atoms with E-state index in [1.165, 1.54) is 12.1 Å².